The van der Waals surface area contributed by atoms with Crippen molar-refractivity contribution in [1.82, 2.24) is 0 Å². The molecule has 0 amide bonds. The lowest BCUT2D eigenvalue weighted by molar-refractivity contribution is -0.846. The van der Waals surface area contributed by atoms with Gasteiger partial charge in [0.15, 0.2) is 0 Å². The Bertz CT molecular complexity index is 323. The zero-order chi connectivity index (χ0) is 11.5. The van der Waals surface area contributed by atoms with Crippen molar-refractivity contribution in [2.75, 3.05) is 7.05 Å². The Kier molecular flexibility index (Phi) is 3.57. The number of hydrogen-bond acceptors (Lipinski definition) is 1. The van der Waals surface area contributed by atoms with Gasteiger partial charge in [0.05, 0.1) is 6.54 Å². The van der Waals surface area contributed by atoms with Crippen molar-refractivity contribution in [2.45, 2.75) is 12.9 Å². The molecular weight excluding hydrogens is 207 g/mol. The molecule has 5 heteroatoms. The van der Waals surface area contributed by atoms with Gasteiger partial charge in [0.25, 0.3) is 0 Å². The Hall–Kier alpha value is -1.23. The van der Waals surface area contributed by atoms with Crippen molar-refractivity contribution in [3.05, 3.63) is 36.9 Å². The van der Waals surface area contributed by atoms with Gasteiger partial charge in [-0.1, -0.05) is 12.1 Å². The van der Waals surface area contributed by atoms with Crippen LogP contribution in [-0.4, -0.2) is 13.4 Å². The summed E-state index contributed by atoms with van der Waals surface area (Å²) in [5, 5.41) is 0. The van der Waals surface area contributed by atoms with Crippen LogP contribution in [0.1, 0.15) is 5.56 Å². The van der Waals surface area contributed by atoms with Crippen LogP contribution < -0.4 is 9.64 Å². The first-order valence-electron chi connectivity index (χ1n) is 4.36. The average Bonchev–Trinajstić information content (AvgIpc) is 1.99. The van der Waals surface area contributed by atoms with E-state index in [1.807, 2.05) is 7.05 Å². The van der Waals surface area contributed by atoms with Gasteiger partial charge in [-0.05, 0) is 12.1 Å². The molecule has 0 aliphatic carbocycles. The van der Waals surface area contributed by atoms with Crippen LogP contribution in [0, 0.1) is 7.05 Å². The maximum Gasteiger partial charge on any atom is 0.573 e. The van der Waals surface area contributed by atoms with Gasteiger partial charge in [-0.2, -0.15) is 7.05 Å². The number of hydrogen-bond donors (Lipinski definition) is 1. The predicted molar refractivity (Wildman–Crippen MR) is 49.1 cm³/mol. The molecule has 0 saturated heterocycles. The molecule has 1 aromatic carbocycles. The van der Waals surface area contributed by atoms with Gasteiger partial charge < -0.3 is 9.64 Å². The van der Waals surface area contributed by atoms with E-state index in [1.165, 1.54) is 18.2 Å². The molecule has 0 saturated carbocycles. The molecule has 0 radical (unpaired) electrons. The molecule has 0 bridgehead atoms. The van der Waals surface area contributed by atoms with Crippen molar-refractivity contribution < 1.29 is 22.8 Å². The van der Waals surface area contributed by atoms with E-state index < -0.39 is 6.36 Å². The minimum absolute atomic E-state index is 0.193. The van der Waals surface area contributed by atoms with Crippen LogP contribution in [0.25, 0.3) is 0 Å². The Labute approximate surface area is 86.3 Å². The lowest BCUT2D eigenvalue weighted by atomic mass is 10.2. The van der Waals surface area contributed by atoms with Crippen LogP contribution in [0.3, 0.4) is 0 Å². The van der Waals surface area contributed by atoms with Crippen molar-refractivity contribution >= 4 is 0 Å². The van der Waals surface area contributed by atoms with Gasteiger partial charge in [-0.25, -0.2) is 0 Å². The van der Waals surface area contributed by atoms with Gasteiger partial charge in [-0.15, -0.1) is 13.2 Å². The van der Waals surface area contributed by atoms with Crippen LogP contribution in [0.15, 0.2) is 24.3 Å². The van der Waals surface area contributed by atoms with Gasteiger partial charge in [-0.3, -0.25) is 0 Å². The molecule has 1 aromatic rings. The second-order valence-corrected chi connectivity index (χ2v) is 3.33. The Morgan fingerprint density at radius 3 is 2.60 bits per heavy atom. The highest BCUT2D eigenvalue weighted by Crippen LogP contribution is 2.22. The Morgan fingerprint density at radius 1 is 1.40 bits per heavy atom. The molecule has 84 valence electrons. The third-order valence-electron chi connectivity index (χ3n) is 1.64. The SMILES string of the molecule is [CH2-][NH+](C)Cc1cccc(OC(F)(F)F)c1. The van der Waals surface area contributed by atoms with Gasteiger partial charge >= 0.3 is 6.36 Å². The molecule has 0 fully saturated rings. The van der Waals surface area contributed by atoms with E-state index in [9.17, 15) is 13.2 Å². The Morgan fingerprint density at radius 2 is 2.07 bits per heavy atom. The Balaban J connectivity index is 2.74. The number of quaternary nitrogens is 1. The first-order chi connectivity index (χ1) is 6.87. The summed E-state index contributed by atoms with van der Waals surface area (Å²) in [6.45, 7) is 0.551. The van der Waals surface area contributed by atoms with Gasteiger partial charge in [0.2, 0.25) is 0 Å². The van der Waals surface area contributed by atoms with E-state index in [1.54, 1.807) is 6.07 Å². The molecule has 1 N–H and O–H groups in total. The summed E-state index contributed by atoms with van der Waals surface area (Å²) in [7, 11) is 5.51. The predicted octanol–water partition coefficient (Wildman–Crippen LogP) is 1.39. The number of ether oxygens (including phenoxy) is 1. The quantitative estimate of drug-likeness (QED) is 0.758. The lowest BCUT2D eigenvalue weighted by Crippen LogP contribution is -3.01. The molecule has 0 spiro atoms. The van der Waals surface area contributed by atoms with Crippen molar-refractivity contribution in [3.63, 3.8) is 0 Å². The molecule has 1 atom stereocenters. The topological polar surface area (TPSA) is 13.7 Å². The van der Waals surface area contributed by atoms with E-state index in [4.69, 9.17) is 0 Å². The summed E-state index contributed by atoms with van der Waals surface area (Å²) in [5.74, 6) is -0.193. The minimum Gasteiger partial charge on any atom is -0.467 e. The zero-order valence-corrected chi connectivity index (χ0v) is 8.27. The second-order valence-electron chi connectivity index (χ2n) is 3.33. The molecule has 0 aliphatic heterocycles. The molecule has 0 aliphatic rings. The number of rotatable bonds is 3. The molecule has 2 nitrogen and oxygen atoms in total. The minimum atomic E-state index is -4.64. The summed E-state index contributed by atoms with van der Waals surface area (Å²) in [4.78, 5) is 0.888. The fourth-order valence-corrected chi connectivity index (χ4v) is 1.20. The number of nitrogens with one attached hydrogen (secondary N) is 1. The molecule has 1 rings (SSSR count). The van der Waals surface area contributed by atoms with E-state index in [0.29, 0.717) is 6.54 Å². The lowest BCUT2D eigenvalue weighted by Gasteiger charge is -2.15. The van der Waals surface area contributed by atoms with Crippen LogP contribution in [0.4, 0.5) is 13.2 Å². The molecular formula is C10H12F3NO. The van der Waals surface area contributed by atoms with E-state index in [0.717, 1.165) is 10.5 Å². The van der Waals surface area contributed by atoms with Crippen LogP contribution in [-0.2, 0) is 6.54 Å². The summed E-state index contributed by atoms with van der Waals surface area (Å²) < 4.78 is 39.5. The standard InChI is InChI=1S/C10H12F3NO/c1-14(2)7-8-4-3-5-9(6-8)15-10(11,12)13/h3-6,14H,1,7H2,2H3. The largest absolute Gasteiger partial charge is 0.573 e. The second kappa shape index (κ2) is 4.53. The van der Waals surface area contributed by atoms with Crippen molar-refractivity contribution in [1.29, 1.82) is 0 Å². The highest BCUT2D eigenvalue weighted by Gasteiger charge is 2.31. The summed E-state index contributed by atoms with van der Waals surface area (Å²) in [6.07, 6.45) is -4.64. The molecule has 0 aromatic heterocycles. The van der Waals surface area contributed by atoms with Crippen LogP contribution in [0.2, 0.25) is 0 Å². The monoisotopic (exact) mass is 219 g/mol. The first kappa shape index (κ1) is 11.8. The van der Waals surface area contributed by atoms with Crippen molar-refractivity contribution in [3.8, 4) is 5.75 Å². The fourth-order valence-electron chi connectivity index (χ4n) is 1.20. The maximum absolute atomic E-state index is 11.9. The third-order valence-corrected chi connectivity index (χ3v) is 1.64. The van der Waals surface area contributed by atoms with Gasteiger partial charge in [0, 0.05) is 12.6 Å². The third kappa shape index (κ3) is 4.69. The zero-order valence-electron chi connectivity index (χ0n) is 8.27. The average molecular weight is 219 g/mol. The summed E-state index contributed by atoms with van der Waals surface area (Å²) >= 11 is 0. The number of halogens is 3. The van der Waals surface area contributed by atoms with Gasteiger partial charge in [0.1, 0.15) is 5.75 Å². The maximum atomic E-state index is 11.9. The summed E-state index contributed by atoms with van der Waals surface area (Å²) in [5.41, 5.74) is 0.754. The fraction of sp³-hybridized carbons (Fsp3) is 0.300. The number of alkyl halides is 3. The van der Waals surface area contributed by atoms with Crippen LogP contribution >= 0.6 is 0 Å². The summed E-state index contributed by atoms with van der Waals surface area (Å²) in [6, 6.07) is 5.90. The first-order valence-corrected chi connectivity index (χ1v) is 4.36. The highest BCUT2D eigenvalue weighted by atomic mass is 19.4. The number of benzene rings is 1. The highest BCUT2D eigenvalue weighted by molar-refractivity contribution is 5.28. The smallest absolute Gasteiger partial charge is 0.467 e. The van der Waals surface area contributed by atoms with Crippen molar-refractivity contribution in [2.24, 2.45) is 0 Å². The molecule has 1 unspecified atom stereocenters. The van der Waals surface area contributed by atoms with Crippen LogP contribution in [0.5, 0.6) is 5.75 Å². The van der Waals surface area contributed by atoms with E-state index in [2.05, 4.69) is 11.8 Å². The van der Waals surface area contributed by atoms with E-state index in [-0.39, 0.29) is 5.75 Å². The normalized spacial score (nSPS) is 13.7. The molecule has 0 heterocycles. The van der Waals surface area contributed by atoms with E-state index >= 15 is 0 Å². The molecule has 15 heavy (non-hydrogen) atoms.